The number of benzene rings is 2. The molecule has 0 unspecified atom stereocenters. The van der Waals surface area contributed by atoms with Crippen molar-refractivity contribution in [2.24, 2.45) is 0 Å². The van der Waals surface area contributed by atoms with Crippen LogP contribution in [0.2, 0.25) is 0 Å². The minimum absolute atomic E-state index is 0.0770. The normalized spacial score (nSPS) is 13.8. The highest BCUT2D eigenvalue weighted by Crippen LogP contribution is 2.34. The highest BCUT2D eigenvalue weighted by molar-refractivity contribution is 6.03. The van der Waals surface area contributed by atoms with Crippen molar-refractivity contribution in [2.75, 3.05) is 6.54 Å². The third kappa shape index (κ3) is 2.30. The smallest absolute Gasteiger partial charge is 0.282 e. The van der Waals surface area contributed by atoms with Gasteiger partial charge in [0.25, 0.3) is 11.6 Å². The summed E-state index contributed by atoms with van der Waals surface area (Å²) in [5.74, 6) is -0.401. The zero-order valence-corrected chi connectivity index (χ0v) is 13.4. The van der Waals surface area contributed by atoms with Gasteiger partial charge in [-0.05, 0) is 24.1 Å². The van der Waals surface area contributed by atoms with Gasteiger partial charge < -0.3 is 9.88 Å². The van der Waals surface area contributed by atoms with E-state index in [-0.39, 0.29) is 11.3 Å². The first-order chi connectivity index (χ1) is 12.1. The van der Waals surface area contributed by atoms with Crippen LogP contribution in [0.5, 0.6) is 0 Å². The largest absolute Gasteiger partial charge is 0.353 e. The summed E-state index contributed by atoms with van der Waals surface area (Å²) in [5.41, 5.74) is 3.37. The standard InChI is InChI=1S/C19H15N3O3/c1-12-18-14(13-6-2-4-8-16(13)20-18)10-11-21(12)19(23)15-7-3-5-9-17(15)22(24)25/h2-9,20H,1,10-11H2. The van der Waals surface area contributed by atoms with Crippen molar-refractivity contribution in [3.63, 3.8) is 0 Å². The Hall–Kier alpha value is -3.41. The Morgan fingerprint density at radius 2 is 1.88 bits per heavy atom. The van der Waals surface area contributed by atoms with Crippen LogP contribution in [0.15, 0.2) is 55.1 Å². The minimum Gasteiger partial charge on any atom is -0.353 e. The summed E-state index contributed by atoms with van der Waals surface area (Å²) in [7, 11) is 0. The lowest BCUT2D eigenvalue weighted by atomic mass is 10.0. The minimum atomic E-state index is -0.533. The number of nitro benzene ring substituents is 1. The van der Waals surface area contributed by atoms with Crippen molar-refractivity contribution in [2.45, 2.75) is 6.42 Å². The number of nitro groups is 1. The number of fused-ring (bicyclic) bond motifs is 3. The van der Waals surface area contributed by atoms with E-state index in [4.69, 9.17) is 0 Å². The molecule has 0 spiro atoms. The molecule has 0 saturated carbocycles. The zero-order valence-electron chi connectivity index (χ0n) is 13.4. The molecule has 0 atom stereocenters. The first-order valence-electron chi connectivity index (χ1n) is 7.92. The quantitative estimate of drug-likeness (QED) is 0.573. The van der Waals surface area contributed by atoms with E-state index in [9.17, 15) is 14.9 Å². The van der Waals surface area contributed by atoms with Crippen molar-refractivity contribution in [1.29, 1.82) is 0 Å². The fourth-order valence-electron chi connectivity index (χ4n) is 3.38. The van der Waals surface area contributed by atoms with Crippen LogP contribution in [-0.4, -0.2) is 27.3 Å². The molecule has 1 aliphatic heterocycles. The number of H-pyrrole nitrogens is 1. The average Bonchev–Trinajstić information content (AvgIpc) is 3.01. The van der Waals surface area contributed by atoms with Gasteiger partial charge in [-0.25, -0.2) is 0 Å². The lowest BCUT2D eigenvalue weighted by Crippen LogP contribution is -2.34. The number of carbonyl (C=O) groups is 1. The van der Waals surface area contributed by atoms with Gasteiger partial charge in [-0.3, -0.25) is 14.9 Å². The summed E-state index contributed by atoms with van der Waals surface area (Å²) in [6, 6.07) is 13.9. The number of nitrogens with one attached hydrogen (secondary N) is 1. The van der Waals surface area contributed by atoms with Gasteiger partial charge in [-0.2, -0.15) is 0 Å². The van der Waals surface area contributed by atoms with Crippen molar-refractivity contribution < 1.29 is 9.72 Å². The van der Waals surface area contributed by atoms with Gasteiger partial charge in [0.15, 0.2) is 0 Å². The van der Waals surface area contributed by atoms with E-state index in [1.54, 1.807) is 12.1 Å². The molecular formula is C19H15N3O3. The number of amides is 1. The molecule has 2 aromatic carbocycles. The lowest BCUT2D eigenvalue weighted by Gasteiger charge is -2.29. The second-order valence-electron chi connectivity index (χ2n) is 5.95. The van der Waals surface area contributed by atoms with Gasteiger partial charge in [0, 0.05) is 23.5 Å². The molecule has 1 amide bonds. The van der Waals surface area contributed by atoms with Gasteiger partial charge in [-0.15, -0.1) is 0 Å². The molecule has 4 rings (SSSR count). The van der Waals surface area contributed by atoms with Crippen LogP contribution in [0, 0.1) is 10.1 Å². The predicted molar refractivity (Wildman–Crippen MR) is 95.2 cm³/mol. The van der Waals surface area contributed by atoms with Crippen molar-refractivity contribution in [1.82, 2.24) is 9.88 Å². The summed E-state index contributed by atoms with van der Waals surface area (Å²) in [6.07, 6.45) is 0.671. The molecule has 0 aliphatic carbocycles. The highest BCUT2D eigenvalue weighted by Gasteiger charge is 2.31. The molecule has 3 aromatic rings. The molecule has 25 heavy (non-hydrogen) atoms. The third-order valence-corrected chi connectivity index (χ3v) is 4.59. The number of nitrogens with zero attached hydrogens (tertiary/aromatic N) is 2. The second kappa shape index (κ2) is 5.59. The van der Waals surface area contributed by atoms with E-state index in [1.165, 1.54) is 17.0 Å². The van der Waals surface area contributed by atoms with Crippen LogP contribution < -0.4 is 0 Å². The van der Waals surface area contributed by atoms with Crippen molar-refractivity contribution in [3.05, 3.63) is 82.0 Å². The maximum Gasteiger partial charge on any atom is 0.282 e. The maximum absolute atomic E-state index is 12.9. The fourth-order valence-corrected chi connectivity index (χ4v) is 3.38. The van der Waals surface area contributed by atoms with E-state index in [0.717, 1.165) is 22.2 Å². The summed E-state index contributed by atoms with van der Waals surface area (Å²) >= 11 is 0. The molecule has 0 saturated heterocycles. The van der Waals surface area contributed by atoms with Crippen LogP contribution in [0.3, 0.4) is 0 Å². The molecule has 2 heterocycles. The molecular weight excluding hydrogens is 318 g/mol. The van der Waals surface area contributed by atoms with Crippen LogP contribution in [0.4, 0.5) is 5.69 Å². The number of carbonyl (C=O) groups excluding carboxylic acids is 1. The topological polar surface area (TPSA) is 79.2 Å². The third-order valence-electron chi connectivity index (χ3n) is 4.59. The van der Waals surface area contributed by atoms with Gasteiger partial charge in [0.2, 0.25) is 0 Å². The molecule has 124 valence electrons. The number of aromatic amines is 1. The van der Waals surface area contributed by atoms with E-state index >= 15 is 0 Å². The molecule has 1 aromatic heterocycles. The SMILES string of the molecule is C=C1c2[nH]c3ccccc3c2CCN1C(=O)c1ccccc1[N+](=O)[O-]. The Kier molecular flexibility index (Phi) is 3.39. The Labute approximate surface area is 143 Å². The Morgan fingerprint density at radius 3 is 2.68 bits per heavy atom. The zero-order chi connectivity index (χ0) is 17.6. The Morgan fingerprint density at radius 1 is 1.16 bits per heavy atom. The summed E-state index contributed by atoms with van der Waals surface area (Å²) in [5, 5.41) is 12.3. The summed E-state index contributed by atoms with van der Waals surface area (Å²) in [6.45, 7) is 4.50. The number of aromatic nitrogens is 1. The number of para-hydroxylation sites is 2. The molecule has 6 nitrogen and oxygen atoms in total. The summed E-state index contributed by atoms with van der Waals surface area (Å²) in [4.78, 5) is 28.4. The molecule has 6 heteroatoms. The lowest BCUT2D eigenvalue weighted by molar-refractivity contribution is -0.385. The maximum atomic E-state index is 12.9. The van der Waals surface area contributed by atoms with Crippen LogP contribution in [0.1, 0.15) is 21.6 Å². The van der Waals surface area contributed by atoms with Gasteiger partial charge in [-0.1, -0.05) is 36.9 Å². The molecule has 0 radical (unpaired) electrons. The predicted octanol–water partition coefficient (Wildman–Crippen LogP) is 3.75. The highest BCUT2D eigenvalue weighted by atomic mass is 16.6. The van der Waals surface area contributed by atoms with Crippen molar-refractivity contribution >= 4 is 28.2 Å². The monoisotopic (exact) mass is 333 g/mol. The van der Waals surface area contributed by atoms with Gasteiger partial charge in [0.1, 0.15) is 5.56 Å². The van der Waals surface area contributed by atoms with Gasteiger partial charge >= 0.3 is 0 Å². The van der Waals surface area contributed by atoms with Gasteiger partial charge in [0.05, 0.1) is 16.3 Å². The van der Waals surface area contributed by atoms with Crippen LogP contribution in [0.25, 0.3) is 16.6 Å². The molecule has 1 N–H and O–H groups in total. The molecule has 0 fully saturated rings. The van der Waals surface area contributed by atoms with E-state index < -0.39 is 10.8 Å². The van der Waals surface area contributed by atoms with E-state index in [1.807, 2.05) is 24.3 Å². The summed E-state index contributed by atoms with van der Waals surface area (Å²) < 4.78 is 0. The first-order valence-corrected chi connectivity index (χ1v) is 7.92. The average molecular weight is 333 g/mol. The number of hydrogen-bond acceptors (Lipinski definition) is 3. The van der Waals surface area contributed by atoms with Crippen LogP contribution >= 0.6 is 0 Å². The van der Waals surface area contributed by atoms with Crippen molar-refractivity contribution in [3.8, 4) is 0 Å². The van der Waals surface area contributed by atoms with E-state index in [2.05, 4.69) is 11.6 Å². The second-order valence-corrected chi connectivity index (χ2v) is 5.95. The van der Waals surface area contributed by atoms with Crippen LogP contribution in [-0.2, 0) is 6.42 Å². The molecule has 0 bridgehead atoms. The number of hydrogen-bond donors (Lipinski definition) is 1. The fraction of sp³-hybridized carbons (Fsp3) is 0.105. The Bertz CT molecular complexity index is 1040. The first kappa shape index (κ1) is 15.1. The van der Waals surface area contributed by atoms with E-state index in [0.29, 0.717) is 18.7 Å². The number of rotatable bonds is 2. The molecule has 1 aliphatic rings. The Balaban J connectivity index is 1.75.